The molecule has 0 saturated heterocycles. The molecule has 0 aliphatic rings. The number of rotatable bonds is 2. The second-order valence-corrected chi connectivity index (χ2v) is 1.68. The van der Waals surface area contributed by atoms with Crippen molar-refractivity contribution in [3.05, 3.63) is 28.7 Å². The fourth-order valence-electron chi connectivity index (χ4n) is 0.599. The molecule has 0 spiro atoms. The van der Waals surface area contributed by atoms with Crippen LogP contribution >= 0.6 is 0 Å². The van der Waals surface area contributed by atoms with E-state index in [1.54, 1.807) is 6.07 Å². The quantitative estimate of drug-likeness (QED) is 0.655. The standard InChI is InChI=1S/C6H6N2O2.C2H6.H2/c9-4-8-5-2-1-3-7-6(5)10;1-2;/h1-4H,(H,7,10)(H,8,9);1-2H3;1H. The van der Waals surface area contributed by atoms with E-state index in [1.165, 1.54) is 12.3 Å². The number of H-pyrrole nitrogens is 1. The van der Waals surface area contributed by atoms with Crippen molar-refractivity contribution in [2.45, 2.75) is 13.8 Å². The molecule has 0 atom stereocenters. The highest BCUT2D eigenvalue weighted by Crippen LogP contribution is 1.91. The van der Waals surface area contributed by atoms with Crippen LogP contribution in [-0.2, 0) is 4.79 Å². The largest absolute Gasteiger partial charge is 0.327 e. The van der Waals surface area contributed by atoms with Gasteiger partial charge in [0.05, 0.1) is 0 Å². The maximum Gasteiger partial charge on any atom is 0.271 e. The van der Waals surface area contributed by atoms with Crippen molar-refractivity contribution in [2.75, 3.05) is 5.32 Å². The predicted octanol–water partition coefficient (Wildman–Crippen LogP) is 1.22. The monoisotopic (exact) mass is 170 g/mol. The first-order valence-electron chi connectivity index (χ1n) is 3.72. The molecule has 0 aromatic carbocycles. The number of carbonyl (C=O) groups is 1. The van der Waals surface area contributed by atoms with Gasteiger partial charge in [0.1, 0.15) is 5.69 Å². The second-order valence-electron chi connectivity index (χ2n) is 1.68. The molecule has 0 radical (unpaired) electrons. The maximum absolute atomic E-state index is 10.7. The van der Waals surface area contributed by atoms with Gasteiger partial charge in [0.25, 0.3) is 5.56 Å². The van der Waals surface area contributed by atoms with Gasteiger partial charge in [-0.15, -0.1) is 0 Å². The number of hydrogen-bond acceptors (Lipinski definition) is 2. The van der Waals surface area contributed by atoms with Gasteiger partial charge in [0.15, 0.2) is 0 Å². The Morgan fingerprint density at radius 2 is 2.25 bits per heavy atom. The van der Waals surface area contributed by atoms with Crippen LogP contribution in [0.4, 0.5) is 5.69 Å². The molecule has 4 heteroatoms. The summed E-state index contributed by atoms with van der Waals surface area (Å²) in [7, 11) is 0. The molecular weight excluding hydrogens is 156 g/mol. The molecule has 0 fully saturated rings. The Bertz CT molecular complexity index is 285. The van der Waals surface area contributed by atoms with E-state index in [-0.39, 0.29) is 12.7 Å². The van der Waals surface area contributed by atoms with Crippen LogP contribution in [-0.4, -0.2) is 11.4 Å². The number of aromatic nitrogens is 1. The summed E-state index contributed by atoms with van der Waals surface area (Å²) in [5.41, 5.74) is -0.0351. The van der Waals surface area contributed by atoms with Gasteiger partial charge in [-0.05, 0) is 12.1 Å². The third-order valence-corrected chi connectivity index (χ3v) is 1.03. The van der Waals surface area contributed by atoms with E-state index in [0.29, 0.717) is 6.41 Å². The lowest BCUT2D eigenvalue weighted by atomic mass is 10.4. The number of amides is 1. The highest BCUT2D eigenvalue weighted by molar-refractivity contribution is 5.70. The number of pyridine rings is 1. The fourth-order valence-corrected chi connectivity index (χ4v) is 0.599. The van der Waals surface area contributed by atoms with Crippen molar-refractivity contribution < 1.29 is 6.22 Å². The van der Waals surface area contributed by atoms with Gasteiger partial charge in [0.2, 0.25) is 6.41 Å². The Labute approximate surface area is 72.1 Å². The first-order valence-corrected chi connectivity index (χ1v) is 3.72. The highest BCUT2D eigenvalue weighted by Gasteiger charge is 1.91. The number of nitrogens with one attached hydrogen (secondary N) is 2. The highest BCUT2D eigenvalue weighted by atomic mass is 16.1. The van der Waals surface area contributed by atoms with E-state index in [9.17, 15) is 9.59 Å². The summed E-state index contributed by atoms with van der Waals surface area (Å²) in [6, 6.07) is 3.15. The van der Waals surface area contributed by atoms with Gasteiger partial charge in [-0.25, -0.2) is 0 Å². The SMILES string of the molecule is CC.O=CNc1ccc[nH]c1=O.[HH]. The van der Waals surface area contributed by atoms with Crippen molar-refractivity contribution >= 4 is 12.1 Å². The first kappa shape index (κ1) is 10.4. The van der Waals surface area contributed by atoms with Crippen molar-refractivity contribution in [2.24, 2.45) is 0 Å². The summed E-state index contributed by atoms with van der Waals surface area (Å²) in [5, 5.41) is 2.25. The molecular formula is C8H14N2O2. The zero-order valence-corrected chi connectivity index (χ0v) is 7.13. The first-order chi connectivity index (χ1) is 5.84. The molecule has 68 valence electrons. The second kappa shape index (κ2) is 6.15. The molecule has 1 amide bonds. The maximum atomic E-state index is 10.7. The molecule has 1 aromatic heterocycles. The van der Waals surface area contributed by atoms with Crippen molar-refractivity contribution in [1.29, 1.82) is 0 Å². The molecule has 4 nitrogen and oxygen atoms in total. The molecule has 1 aromatic rings. The zero-order valence-electron chi connectivity index (χ0n) is 7.13. The molecule has 0 bridgehead atoms. The molecule has 0 unspecified atom stereocenters. The predicted molar refractivity (Wildman–Crippen MR) is 50.2 cm³/mol. The van der Waals surface area contributed by atoms with Gasteiger partial charge in [-0.1, -0.05) is 13.8 Å². The number of anilines is 1. The molecule has 12 heavy (non-hydrogen) atoms. The van der Waals surface area contributed by atoms with Crippen LogP contribution in [0.5, 0.6) is 0 Å². The van der Waals surface area contributed by atoms with Crippen molar-refractivity contribution in [1.82, 2.24) is 4.98 Å². The Morgan fingerprint density at radius 3 is 2.75 bits per heavy atom. The van der Waals surface area contributed by atoms with E-state index >= 15 is 0 Å². The summed E-state index contributed by atoms with van der Waals surface area (Å²) in [5.74, 6) is 0. The van der Waals surface area contributed by atoms with Crippen LogP contribution in [0.2, 0.25) is 0 Å². The van der Waals surface area contributed by atoms with E-state index in [4.69, 9.17) is 0 Å². The Hall–Kier alpha value is -1.58. The summed E-state index contributed by atoms with van der Waals surface area (Å²) in [6.07, 6.45) is 1.96. The minimum Gasteiger partial charge on any atom is -0.327 e. The molecule has 1 rings (SSSR count). The molecule has 2 N–H and O–H groups in total. The van der Waals surface area contributed by atoms with Gasteiger partial charge in [-0.2, -0.15) is 0 Å². The Morgan fingerprint density at radius 1 is 1.58 bits per heavy atom. The average Bonchev–Trinajstić information content (AvgIpc) is 2.13. The van der Waals surface area contributed by atoms with Crippen LogP contribution in [0.25, 0.3) is 0 Å². The number of carbonyl (C=O) groups excluding carboxylic acids is 1. The van der Waals surface area contributed by atoms with E-state index in [1.807, 2.05) is 13.8 Å². The normalized spacial score (nSPS) is 7.83. The van der Waals surface area contributed by atoms with Gasteiger partial charge < -0.3 is 10.3 Å². The number of aromatic amines is 1. The summed E-state index contributed by atoms with van der Waals surface area (Å²) < 4.78 is 0. The lowest BCUT2D eigenvalue weighted by Crippen LogP contribution is -2.11. The Balaban J connectivity index is 0. The lowest BCUT2D eigenvalue weighted by molar-refractivity contribution is -0.105. The average molecular weight is 170 g/mol. The third-order valence-electron chi connectivity index (χ3n) is 1.03. The van der Waals surface area contributed by atoms with Gasteiger partial charge in [-0.3, -0.25) is 9.59 Å². The number of hydrogen-bond donors (Lipinski definition) is 2. The minimum atomic E-state index is -0.297. The van der Waals surface area contributed by atoms with Crippen molar-refractivity contribution in [3.63, 3.8) is 0 Å². The Kier molecular flexibility index (Phi) is 5.34. The van der Waals surface area contributed by atoms with Crippen LogP contribution in [0.1, 0.15) is 15.3 Å². The summed E-state index contributed by atoms with van der Waals surface area (Å²) >= 11 is 0. The van der Waals surface area contributed by atoms with E-state index < -0.39 is 0 Å². The molecule has 0 saturated carbocycles. The third kappa shape index (κ3) is 3.01. The van der Waals surface area contributed by atoms with Gasteiger partial charge in [0, 0.05) is 7.62 Å². The van der Waals surface area contributed by atoms with Crippen LogP contribution in [0.3, 0.4) is 0 Å². The summed E-state index contributed by atoms with van der Waals surface area (Å²) in [6.45, 7) is 4.00. The lowest BCUT2D eigenvalue weighted by Gasteiger charge is -1.92. The minimum absolute atomic E-state index is 0. The fraction of sp³-hybridized carbons (Fsp3) is 0.250. The zero-order chi connectivity index (χ0) is 9.40. The van der Waals surface area contributed by atoms with Crippen LogP contribution in [0, 0.1) is 0 Å². The van der Waals surface area contributed by atoms with E-state index in [0.717, 1.165) is 0 Å². The smallest absolute Gasteiger partial charge is 0.271 e. The van der Waals surface area contributed by atoms with E-state index in [2.05, 4.69) is 10.3 Å². The van der Waals surface area contributed by atoms with Crippen LogP contribution in [0.15, 0.2) is 23.1 Å². The van der Waals surface area contributed by atoms with Gasteiger partial charge >= 0.3 is 0 Å². The summed E-state index contributed by atoms with van der Waals surface area (Å²) in [4.78, 5) is 23.0. The molecule has 0 aliphatic heterocycles. The molecule has 1 heterocycles. The van der Waals surface area contributed by atoms with Crippen LogP contribution < -0.4 is 10.9 Å². The van der Waals surface area contributed by atoms with Crippen molar-refractivity contribution in [3.8, 4) is 0 Å². The topological polar surface area (TPSA) is 62.0 Å². The molecule has 0 aliphatic carbocycles.